The molecule has 1 aromatic rings. The van der Waals surface area contributed by atoms with Crippen LogP contribution >= 0.6 is 0 Å². The van der Waals surface area contributed by atoms with E-state index in [-0.39, 0.29) is 0 Å². The average molecular weight is 306 g/mol. The molecule has 0 radical (unpaired) electrons. The lowest BCUT2D eigenvalue weighted by atomic mass is 10.2. The molecule has 1 saturated heterocycles. The average Bonchev–Trinajstić information content (AvgIpc) is 2.48. The van der Waals surface area contributed by atoms with Crippen LogP contribution in [0.15, 0.2) is 24.3 Å². The molecule has 1 fully saturated rings. The maximum atomic E-state index is 10.2. The molecular formula is C18H30N2O2. The number of rotatable bonds is 7. The zero-order valence-corrected chi connectivity index (χ0v) is 14.2. The molecule has 2 rings (SSSR count). The molecule has 0 amide bonds. The number of aliphatic hydroxyl groups excluding tert-OH is 1. The van der Waals surface area contributed by atoms with Crippen LogP contribution in [0.3, 0.4) is 0 Å². The van der Waals surface area contributed by atoms with Crippen LogP contribution in [-0.4, -0.2) is 66.9 Å². The van der Waals surface area contributed by atoms with Gasteiger partial charge in [0, 0.05) is 39.3 Å². The summed E-state index contributed by atoms with van der Waals surface area (Å²) in [5.41, 5.74) is 1.11. The van der Waals surface area contributed by atoms with Crippen LogP contribution in [-0.2, 0) is 0 Å². The number of piperazine rings is 1. The summed E-state index contributed by atoms with van der Waals surface area (Å²) in [5, 5.41) is 10.2. The second-order valence-corrected chi connectivity index (χ2v) is 6.73. The van der Waals surface area contributed by atoms with E-state index >= 15 is 0 Å². The van der Waals surface area contributed by atoms with E-state index < -0.39 is 6.10 Å². The van der Waals surface area contributed by atoms with E-state index in [9.17, 15) is 5.11 Å². The van der Waals surface area contributed by atoms with Crippen molar-refractivity contribution in [2.45, 2.75) is 26.9 Å². The second kappa shape index (κ2) is 8.51. The van der Waals surface area contributed by atoms with Gasteiger partial charge in [-0.05, 0) is 24.5 Å². The van der Waals surface area contributed by atoms with E-state index in [0.717, 1.165) is 43.4 Å². The Morgan fingerprint density at radius 1 is 1.05 bits per heavy atom. The zero-order chi connectivity index (χ0) is 15.9. The van der Waals surface area contributed by atoms with Gasteiger partial charge in [0.15, 0.2) is 0 Å². The van der Waals surface area contributed by atoms with Gasteiger partial charge in [-0.25, -0.2) is 0 Å². The minimum Gasteiger partial charge on any atom is -0.491 e. The molecular weight excluding hydrogens is 276 g/mol. The molecule has 4 heteroatoms. The fourth-order valence-electron chi connectivity index (χ4n) is 2.93. The van der Waals surface area contributed by atoms with E-state index in [4.69, 9.17) is 4.74 Å². The third-order valence-electron chi connectivity index (χ3n) is 4.08. The van der Waals surface area contributed by atoms with Crippen molar-refractivity contribution < 1.29 is 9.84 Å². The molecule has 1 N–H and O–H groups in total. The first-order chi connectivity index (χ1) is 10.5. The van der Waals surface area contributed by atoms with Gasteiger partial charge < -0.3 is 14.7 Å². The Kier molecular flexibility index (Phi) is 6.68. The van der Waals surface area contributed by atoms with E-state index in [0.29, 0.717) is 13.2 Å². The van der Waals surface area contributed by atoms with E-state index in [1.807, 2.05) is 31.2 Å². The first-order valence-electron chi connectivity index (χ1n) is 8.36. The molecule has 1 heterocycles. The molecule has 1 aromatic carbocycles. The van der Waals surface area contributed by atoms with Crippen molar-refractivity contribution in [2.75, 3.05) is 45.9 Å². The highest BCUT2D eigenvalue weighted by molar-refractivity contribution is 5.31. The summed E-state index contributed by atoms with van der Waals surface area (Å²) in [4.78, 5) is 4.85. The van der Waals surface area contributed by atoms with E-state index in [1.165, 1.54) is 6.54 Å². The Morgan fingerprint density at radius 2 is 1.64 bits per heavy atom. The van der Waals surface area contributed by atoms with Crippen LogP contribution in [0, 0.1) is 12.8 Å². The number of benzene rings is 1. The van der Waals surface area contributed by atoms with Gasteiger partial charge in [0.1, 0.15) is 18.5 Å². The van der Waals surface area contributed by atoms with Crippen LogP contribution in [0.4, 0.5) is 0 Å². The van der Waals surface area contributed by atoms with Crippen LogP contribution in [0.2, 0.25) is 0 Å². The molecule has 1 aliphatic rings. The monoisotopic (exact) mass is 306 g/mol. The van der Waals surface area contributed by atoms with Gasteiger partial charge in [0.2, 0.25) is 0 Å². The third-order valence-corrected chi connectivity index (χ3v) is 4.08. The van der Waals surface area contributed by atoms with Gasteiger partial charge >= 0.3 is 0 Å². The molecule has 0 aliphatic carbocycles. The molecule has 1 aliphatic heterocycles. The van der Waals surface area contributed by atoms with Crippen molar-refractivity contribution in [2.24, 2.45) is 5.92 Å². The molecule has 0 bridgehead atoms. The third kappa shape index (κ3) is 5.59. The number of ether oxygens (including phenoxy) is 1. The van der Waals surface area contributed by atoms with Gasteiger partial charge in [-0.3, -0.25) is 4.90 Å². The van der Waals surface area contributed by atoms with E-state index in [1.54, 1.807) is 0 Å². The molecule has 0 aromatic heterocycles. The van der Waals surface area contributed by atoms with Crippen LogP contribution in [0.25, 0.3) is 0 Å². The van der Waals surface area contributed by atoms with Crippen molar-refractivity contribution in [3.63, 3.8) is 0 Å². The SMILES string of the molecule is Cc1ccccc1OCC(O)CN1CCN(CC(C)C)CC1. The Morgan fingerprint density at radius 3 is 2.23 bits per heavy atom. The predicted molar refractivity (Wildman–Crippen MR) is 90.4 cm³/mol. The molecule has 0 saturated carbocycles. The summed E-state index contributed by atoms with van der Waals surface area (Å²) in [7, 11) is 0. The number of hydrogen-bond donors (Lipinski definition) is 1. The minimum absolute atomic E-state index is 0.358. The van der Waals surface area contributed by atoms with Gasteiger partial charge in [-0.15, -0.1) is 0 Å². The summed E-state index contributed by atoms with van der Waals surface area (Å²) in [6.45, 7) is 13.0. The number of aryl methyl sites for hydroxylation is 1. The maximum Gasteiger partial charge on any atom is 0.122 e. The standard InChI is InChI=1S/C18H30N2O2/c1-15(2)12-19-8-10-20(11-9-19)13-17(21)14-22-18-7-5-4-6-16(18)3/h4-7,15,17,21H,8-14H2,1-3H3. The molecule has 1 unspecified atom stereocenters. The minimum atomic E-state index is -0.434. The number of para-hydroxylation sites is 1. The second-order valence-electron chi connectivity index (χ2n) is 6.73. The highest BCUT2D eigenvalue weighted by Gasteiger charge is 2.19. The summed E-state index contributed by atoms with van der Waals surface area (Å²) in [6.07, 6.45) is -0.434. The molecule has 1 atom stereocenters. The highest BCUT2D eigenvalue weighted by Crippen LogP contribution is 2.16. The summed E-state index contributed by atoms with van der Waals surface area (Å²) in [6, 6.07) is 7.93. The number of aliphatic hydroxyl groups is 1. The zero-order valence-electron chi connectivity index (χ0n) is 14.2. The van der Waals surface area contributed by atoms with Gasteiger partial charge in [0.25, 0.3) is 0 Å². The topological polar surface area (TPSA) is 35.9 Å². The molecule has 0 spiro atoms. The summed E-state index contributed by atoms with van der Waals surface area (Å²) in [5.74, 6) is 1.59. The maximum absolute atomic E-state index is 10.2. The van der Waals surface area contributed by atoms with Gasteiger partial charge in [0.05, 0.1) is 0 Å². The first-order valence-corrected chi connectivity index (χ1v) is 8.36. The Hall–Kier alpha value is -1.10. The smallest absolute Gasteiger partial charge is 0.122 e. The van der Waals surface area contributed by atoms with Gasteiger partial charge in [-0.2, -0.15) is 0 Å². The lowest BCUT2D eigenvalue weighted by molar-refractivity contribution is 0.0438. The molecule has 4 nitrogen and oxygen atoms in total. The molecule has 22 heavy (non-hydrogen) atoms. The Labute approximate surface area is 134 Å². The predicted octanol–water partition coefficient (Wildman–Crippen LogP) is 2.01. The van der Waals surface area contributed by atoms with Crippen molar-refractivity contribution in [1.82, 2.24) is 9.80 Å². The van der Waals surface area contributed by atoms with Gasteiger partial charge in [-0.1, -0.05) is 32.0 Å². The lowest BCUT2D eigenvalue weighted by Crippen LogP contribution is -2.49. The Bertz CT molecular complexity index is 442. The van der Waals surface area contributed by atoms with Crippen molar-refractivity contribution in [3.8, 4) is 5.75 Å². The van der Waals surface area contributed by atoms with Crippen LogP contribution in [0.1, 0.15) is 19.4 Å². The number of β-amino-alcohol motifs (C(OH)–C–C–N with tert-alkyl or cyclic N) is 1. The summed E-state index contributed by atoms with van der Waals surface area (Å²) < 4.78 is 5.73. The Balaban J connectivity index is 1.68. The quantitative estimate of drug-likeness (QED) is 0.836. The highest BCUT2D eigenvalue weighted by atomic mass is 16.5. The van der Waals surface area contributed by atoms with Crippen molar-refractivity contribution >= 4 is 0 Å². The normalized spacial score (nSPS) is 18.6. The largest absolute Gasteiger partial charge is 0.491 e. The lowest BCUT2D eigenvalue weighted by Gasteiger charge is -2.36. The summed E-state index contributed by atoms with van der Waals surface area (Å²) >= 11 is 0. The van der Waals surface area contributed by atoms with Crippen LogP contribution < -0.4 is 4.74 Å². The number of hydrogen-bond acceptors (Lipinski definition) is 4. The van der Waals surface area contributed by atoms with E-state index in [2.05, 4.69) is 23.6 Å². The van der Waals surface area contributed by atoms with Crippen molar-refractivity contribution in [3.05, 3.63) is 29.8 Å². The molecule has 124 valence electrons. The van der Waals surface area contributed by atoms with Crippen molar-refractivity contribution in [1.29, 1.82) is 0 Å². The first kappa shape index (κ1) is 17.3. The fraction of sp³-hybridized carbons (Fsp3) is 0.667. The number of nitrogens with zero attached hydrogens (tertiary/aromatic N) is 2. The van der Waals surface area contributed by atoms with Crippen LogP contribution in [0.5, 0.6) is 5.75 Å². The fourth-order valence-corrected chi connectivity index (χ4v) is 2.93.